The number of fused-ring (bicyclic) bond motifs is 1. The van der Waals surface area contributed by atoms with Crippen molar-refractivity contribution in [3.63, 3.8) is 0 Å². The van der Waals surface area contributed by atoms with Gasteiger partial charge < -0.3 is 20.1 Å². The molecule has 0 amide bonds. The molecule has 0 bridgehead atoms. The Balaban J connectivity index is 1.80. The SMILES string of the molecule is OC[C@H]1O[C@@H](n2cnc3c(-c4cccs4)ccnc32)[C@H](O)[C@@H]1O. The van der Waals surface area contributed by atoms with E-state index in [-0.39, 0.29) is 6.61 Å². The molecule has 4 heterocycles. The number of pyridine rings is 1. The Morgan fingerprint density at radius 1 is 1.22 bits per heavy atom. The van der Waals surface area contributed by atoms with Gasteiger partial charge in [-0.3, -0.25) is 4.57 Å². The summed E-state index contributed by atoms with van der Waals surface area (Å²) in [7, 11) is 0. The molecular weight excluding hydrogens is 318 g/mol. The molecule has 4 atom stereocenters. The zero-order chi connectivity index (χ0) is 16.0. The highest BCUT2D eigenvalue weighted by molar-refractivity contribution is 7.13. The first-order valence-corrected chi connectivity index (χ1v) is 8.06. The summed E-state index contributed by atoms with van der Waals surface area (Å²) in [6, 6.07) is 5.86. The van der Waals surface area contributed by atoms with Crippen molar-refractivity contribution >= 4 is 22.5 Å². The van der Waals surface area contributed by atoms with Crippen LogP contribution in [0.15, 0.2) is 36.1 Å². The molecule has 0 saturated carbocycles. The number of imidazole rings is 1. The highest BCUT2D eigenvalue weighted by Gasteiger charge is 2.43. The van der Waals surface area contributed by atoms with Gasteiger partial charge in [0.1, 0.15) is 23.8 Å². The average molecular weight is 333 g/mol. The molecule has 23 heavy (non-hydrogen) atoms. The molecule has 4 rings (SSSR count). The van der Waals surface area contributed by atoms with E-state index in [1.165, 1.54) is 6.33 Å². The van der Waals surface area contributed by atoms with Crippen LogP contribution in [0.3, 0.4) is 0 Å². The minimum absolute atomic E-state index is 0.366. The van der Waals surface area contributed by atoms with Crippen LogP contribution in [0.2, 0.25) is 0 Å². The summed E-state index contributed by atoms with van der Waals surface area (Å²) in [6.07, 6.45) is -0.753. The normalized spacial score (nSPS) is 27.8. The molecule has 0 aliphatic carbocycles. The van der Waals surface area contributed by atoms with E-state index in [1.807, 2.05) is 23.6 Å². The van der Waals surface area contributed by atoms with Crippen molar-refractivity contribution in [3.8, 4) is 10.4 Å². The number of thiophene rings is 1. The summed E-state index contributed by atoms with van der Waals surface area (Å²) in [5.74, 6) is 0. The van der Waals surface area contributed by atoms with E-state index in [1.54, 1.807) is 22.1 Å². The second-order valence-electron chi connectivity index (χ2n) is 5.39. The Morgan fingerprint density at radius 3 is 2.78 bits per heavy atom. The molecule has 8 heteroatoms. The van der Waals surface area contributed by atoms with Crippen LogP contribution in [0.25, 0.3) is 21.6 Å². The fourth-order valence-corrected chi connectivity index (χ4v) is 3.61. The van der Waals surface area contributed by atoms with Gasteiger partial charge in [-0.15, -0.1) is 11.3 Å². The number of ether oxygens (including phenoxy) is 1. The molecule has 120 valence electrons. The Kier molecular flexibility index (Phi) is 3.63. The molecule has 3 aromatic heterocycles. The maximum atomic E-state index is 10.2. The van der Waals surface area contributed by atoms with Gasteiger partial charge in [-0.1, -0.05) is 6.07 Å². The van der Waals surface area contributed by atoms with E-state index >= 15 is 0 Å². The predicted molar refractivity (Wildman–Crippen MR) is 83.9 cm³/mol. The third-order valence-electron chi connectivity index (χ3n) is 4.04. The van der Waals surface area contributed by atoms with Gasteiger partial charge in [-0.2, -0.15) is 0 Å². The van der Waals surface area contributed by atoms with Crippen molar-refractivity contribution < 1.29 is 20.1 Å². The van der Waals surface area contributed by atoms with Crippen molar-refractivity contribution in [3.05, 3.63) is 36.1 Å². The number of aliphatic hydroxyl groups is 3. The van der Waals surface area contributed by atoms with Crippen molar-refractivity contribution in [2.45, 2.75) is 24.5 Å². The lowest BCUT2D eigenvalue weighted by Gasteiger charge is -2.16. The Bertz CT molecular complexity index is 819. The highest BCUT2D eigenvalue weighted by atomic mass is 32.1. The largest absolute Gasteiger partial charge is 0.394 e. The summed E-state index contributed by atoms with van der Waals surface area (Å²) < 4.78 is 7.15. The van der Waals surface area contributed by atoms with E-state index in [9.17, 15) is 15.3 Å². The van der Waals surface area contributed by atoms with Gasteiger partial charge in [0.2, 0.25) is 0 Å². The average Bonchev–Trinajstić information content (AvgIpc) is 3.28. The van der Waals surface area contributed by atoms with E-state index < -0.39 is 24.5 Å². The quantitative estimate of drug-likeness (QED) is 0.655. The molecule has 1 aliphatic rings. The third kappa shape index (κ3) is 2.27. The molecule has 3 N–H and O–H groups in total. The number of aromatic nitrogens is 3. The standard InChI is InChI=1S/C15H15N3O4S/c19-6-9-12(20)13(21)15(22-9)18-7-17-11-8(3-4-16-14(11)18)10-2-1-5-23-10/h1-5,7,9,12-13,15,19-21H,6H2/t9-,12-,13-,15-/m1/s1. The first-order valence-electron chi connectivity index (χ1n) is 7.18. The van der Waals surface area contributed by atoms with Crippen LogP contribution in [-0.4, -0.2) is 54.8 Å². The molecule has 1 saturated heterocycles. The van der Waals surface area contributed by atoms with E-state index in [0.29, 0.717) is 11.2 Å². The predicted octanol–water partition coefficient (Wildman–Crippen LogP) is 0.771. The third-order valence-corrected chi connectivity index (χ3v) is 4.94. The van der Waals surface area contributed by atoms with E-state index in [0.717, 1.165) is 10.4 Å². The van der Waals surface area contributed by atoms with E-state index in [4.69, 9.17) is 4.74 Å². The van der Waals surface area contributed by atoms with Gasteiger partial charge in [0.05, 0.1) is 12.9 Å². The van der Waals surface area contributed by atoms with Crippen LogP contribution in [0.4, 0.5) is 0 Å². The molecule has 1 aliphatic heterocycles. The monoisotopic (exact) mass is 333 g/mol. The Labute approximate surface area is 135 Å². The number of aliphatic hydroxyl groups excluding tert-OH is 3. The topological polar surface area (TPSA) is 101 Å². The van der Waals surface area contributed by atoms with E-state index in [2.05, 4.69) is 9.97 Å². The van der Waals surface area contributed by atoms with Gasteiger partial charge >= 0.3 is 0 Å². The maximum Gasteiger partial charge on any atom is 0.165 e. The van der Waals surface area contributed by atoms with Crippen LogP contribution in [-0.2, 0) is 4.74 Å². The first-order chi connectivity index (χ1) is 11.2. The number of nitrogens with zero attached hydrogens (tertiary/aromatic N) is 3. The molecule has 0 radical (unpaired) electrons. The highest BCUT2D eigenvalue weighted by Crippen LogP contribution is 2.34. The molecule has 0 spiro atoms. The van der Waals surface area contributed by atoms with Gasteiger partial charge in [0.15, 0.2) is 11.9 Å². The smallest absolute Gasteiger partial charge is 0.165 e. The minimum Gasteiger partial charge on any atom is -0.394 e. The van der Waals surface area contributed by atoms with Crippen molar-refractivity contribution in [1.29, 1.82) is 0 Å². The van der Waals surface area contributed by atoms with Crippen LogP contribution in [0.1, 0.15) is 6.23 Å². The summed E-state index contributed by atoms with van der Waals surface area (Å²) in [5, 5.41) is 31.3. The van der Waals surface area contributed by atoms with Crippen LogP contribution >= 0.6 is 11.3 Å². The molecule has 3 aromatic rings. The number of hydrogen-bond acceptors (Lipinski definition) is 7. The maximum absolute atomic E-state index is 10.2. The second-order valence-corrected chi connectivity index (χ2v) is 6.34. The first kappa shape index (κ1) is 14.7. The fraction of sp³-hybridized carbons (Fsp3) is 0.333. The van der Waals surface area contributed by atoms with Gasteiger partial charge in [-0.05, 0) is 17.5 Å². The molecule has 0 unspecified atom stereocenters. The molecule has 7 nitrogen and oxygen atoms in total. The lowest BCUT2D eigenvalue weighted by Crippen LogP contribution is -2.33. The van der Waals surface area contributed by atoms with Crippen LogP contribution in [0, 0.1) is 0 Å². The zero-order valence-corrected chi connectivity index (χ0v) is 12.8. The van der Waals surface area contributed by atoms with Crippen molar-refractivity contribution in [2.75, 3.05) is 6.61 Å². The summed E-state index contributed by atoms with van der Waals surface area (Å²) in [6.45, 7) is -0.366. The lowest BCUT2D eigenvalue weighted by molar-refractivity contribution is -0.0511. The van der Waals surface area contributed by atoms with Crippen LogP contribution in [0.5, 0.6) is 0 Å². The van der Waals surface area contributed by atoms with Gasteiger partial charge in [0.25, 0.3) is 0 Å². The summed E-state index contributed by atoms with van der Waals surface area (Å²) in [5.41, 5.74) is 2.22. The Hall–Kier alpha value is -1.84. The van der Waals surface area contributed by atoms with Crippen molar-refractivity contribution in [1.82, 2.24) is 14.5 Å². The van der Waals surface area contributed by atoms with Crippen LogP contribution < -0.4 is 0 Å². The molecule has 1 fully saturated rings. The van der Waals surface area contributed by atoms with Crippen molar-refractivity contribution in [2.24, 2.45) is 0 Å². The number of rotatable bonds is 3. The minimum atomic E-state index is -1.16. The fourth-order valence-electron chi connectivity index (χ4n) is 2.86. The summed E-state index contributed by atoms with van der Waals surface area (Å²) in [4.78, 5) is 9.81. The molecular formula is C15H15N3O4S. The lowest BCUT2D eigenvalue weighted by atomic mass is 10.1. The number of hydrogen-bond donors (Lipinski definition) is 3. The summed E-state index contributed by atoms with van der Waals surface area (Å²) >= 11 is 1.61. The molecule has 0 aromatic carbocycles. The van der Waals surface area contributed by atoms with Gasteiger partial charge in [0, 0.05) is 16.6 Å². The second kappa shape index (κ2) is 5.66. The van der Waals surface area contributed by atoms with Gasteiger partial charge in [-0.25, -0.2) is 9.97 Å². The Morgan fingerprint density at radius 2 is 2.09 bits per heavy atom. The zero-order valence-electron chi connectivity index (χ0n) is 12.0.